The smallest absolute Gasteiger partial charge is 0.272 e. The lowest BCUT2D eigenvalue weighted by atomic mass is 10.0. The van der Waals surface area contributed by atoms with Crippen molar-refractivity contribution in [3.63, 3.8) is 0 Å². The Balaban J connectivity index is 3.08. The fraction of sp³-hybridized carbons (Fsp3) is 0.267. The van der Waals surface area contributed by atoms with E-state index in [1.54, 1.807) is 62.4 Å². The molecule has 5 heteroatoms. The summed E-state index contributed by atoms with van der Waals surface area (Å²) in [7, 11) is -4.34. The molecule has 1 aromatic carbocycles. The number of rotatable bonds is 6. The summed E-state index contributed by atoms with van der Waals surface area (Å²) in [6.07, 6.45) is 4.66. The molecule has 0 aromatic heterocycles. The molecule has 0 aliphatic heterocycles. The van der Waals surface area contributed by atoms with Crippen LogP contribution in [0.5, 0.6) is 0 Å². The third kappa shape index (κ3) is 4.43. The lowest BCUT2D eigenvalue weighted by molar-refractivity contribution is -0.115. The van der Waals surface area contributed by atoms with Gasteiger partial charge in [0.25, 0.3) is 10.1 Å². The van der Waals surface area contributed by atoms with Gasteiger partial charge < -0.3 is 0 Å². The van der Waals surface area contributed by atoms with Gasteiger partial charge in [0.15, 0.2) is 5.78 Å². The first-order chi connectivity index (χ1) is 9.40. The van der Waals surface area contributed by atoms with Crippen LogP contribution in [0.15, 0.2) is 54.1 Å². The molecule has 0 amide bonds. The second-order valence-electron chi connectivity index (χ2n) is 4.29. The van der Waals surface area contributed by atoms with E-state index >= 15 is 0 Å². The van der Waals surface area contributed by atoms with Gasteiger partial charge in [-0.05, 0) is 19.4 Å². The Morgan fingerprint density at radius 2 is 1.85 bits per heavy atom. The fourth-order valence-electron chi connectivity index (χ4n) is 1.88. The number of carbonyl (C=O) groups excluding carboxylic acids is 1. The Hall–Kier alpha value is -1.72. The summed E-state index contributed by atoms with van der Waals surface area (Å²) in [6, 6.07) is 8.23. The van der Waals surface area contributed by atoms with Crippen molar-refractivity contribution in [3.05, 3.63) is 59.7 Å². The largest absolute Gasteiger partial charge is 0.294 e. The average molecular weight is 294 g/mol. The highest BCUT2D eigenvalue weighted by molar-refractivity contribution is 7.86. The summed E-state index contributed by atoms with van der Waals surface area (Å²) >= 11 is 0. The summed E-state index contributed by atoms with van der Waals surface area (Å²) in [5, 5.41) is -1.24. The molecule has 1 atom stereocenters. The Kier molecular flexibility index (Phi) is 5.85. The molecule has 0 saturated carbocycles. The number of hydrogen-bond donors (Lipinski definition) is 1. The average Bonchev–Trinajstić information content (AvgIpc) is 2.41. The highest BCUT2D eigenvalue weighted by atomic mass is 32.2. The summed E-state index contributed by atoms with van der Waals surface area (Å²) in [5.41, 5.74) is 0.830. The third-order valence-electron chi connectivity index (χ3n) is 2.88. The Morgan fingerprint density at radius 3 is 2.30 bits per heavy atom. The van der Waals surface area contributed by atoms with Gasteiger partial charge in [0.1, 0.15) is 5.25 Å². The molecular weight excluding hydrogens is 276 g/mol. The van der Waals surface area contributed by atoms with Crippen LogP contribution >= 0.6 is 0 Å². The van der Waals surface area contributed by atoms with E-state index in [9.17, 15) is 17.8 Å². The Morgan fingerprint density at radius 1 is 1.25 bits per heavy atom. The quantitative estimate of drug-likeness (QED) is 0.497. The Bertz CT molecular complexity index is 613. The van der Waals surface area contributed by atoms with E-state index in [1.807, 2.05) is 0 Å². The van der Waals surface area contributed by atoms with Gasteiger partial charge in [0, 0.05) is 12.0 Å². The standard InChI is InChI=1S/C15H18O4S/c1-3-8-12(4-2)14(16)11-15(20(17,18)19)13-9-6-5-7-10-13/h3-10,15H,11H2,1-2H3,(H,17,18,19). The summed E-state index contributed by atoms with van der Waals surface area (Å²) in [4.78, 5) is 12.1. The minimum Gasteiger partial charge on any atom is -0.294 e. The lowest BCUT2D eigenvalue weighted by Gasteiger charge is -2.13. The van der Waals surface area contributed by atoms with Crippen molar-refractivity contribution in [2.75, 3.05) is 0 Å². The number of ketones is 1. The van der Waals surface area contributed by atoms with Crippen molar-refractivity contribution in [2.45, 2.75) is 25.5 Å². The maximum absolute atomic E-state index is 12.1. The van der Waals surface area contributed by atoms with Crippen LogP contribution in [0.2, 0.25) is 0 Å². The molecule has 1 rings (SSSR count). The molecule has 1 aromatic rings. The van der Waals surface area contributed by atoms with Crippen LogP contribution in [-0.4, -0.2) is 18.8 Å². The number of benzene rings is 1. The molecular formula is C15H18O4S. The van der Waals surface area contributed by atoms with Crippen molar-refractivity contribution < 1.29 is 17.8 Å². The topological polar surface area (TPSA) is 71.4 Å². The van der Waals surface area contributed by atoms with Crippen LogP contribution in [0.25, 0.3) is 0 Å². The maximum atomic E-state index is 12.1. The van der Waals surface area contributed by atoms with Crippen LogP contribution in [0.3, 0.4) is 0 Å². The summed E-state index contributed by atoms with van der Waals surface area (Å²) in [6.45, 7) is 3.48. The minimum absolute atomic E-state index is 0.285. The maximum Gasteiger partial charge on any atom is 0.272 e. The number of hydrogen-bond acceptors (Lipinski definition) is 3. The molecule has 0 aliphatic carbocycles. The van der Waals surface area contributed by atoms with Crippen molar-refractivity contribution in [1.82, 2.24) is 0 Å². The van der Waals surface area contributed by atoms with Gasteiger partial charge in [-0.15, -0.1) is 0 Å². The van der Waals surface area contributed by atoms with Crippen LogP contribution in [0.1, 0.15) is 31.1 Å². The van der Waals surface area contributed by atoms with Gasteiger partial charge in [-0.1, -0.05) is 48.6 Å². The van der Waals surface area contributed by atoms with Crippen LogP contribution in [-0.2, 0) is 14.9 Å². The van der Waals surface area contributed by atoms with Crippen molar-refractivity contribution in [3.8, 4) is 0 Å². The molecule has 108 valence electrons. The van der Waals surface area contributed by atoms with E-state index in [0.717, 1.165) is 0 Å². The molecule has 0 bridgehead atoms. The minimum atomic E-state index is -4.34. The first-order valence-corrected chi connectivity index (χ1v) is 7.74. The molecule has 20 heavy (non-hydrogen) atoms. The second kappa shape index (κ2) is 7.17. The monoisotopic (exact) mass is 294 g/mol. The van der Waals surface area contributed by atoms with E-state index in [1.165, 1.54) is 0 Å². The van der Waals surface area contributed by atoms with Gasteiger partial charge in [0.05, 0.1) is 0 Å². The number of Topliss-reactive ketones (excluding diaryl/α,β-unsaturated/α-hetero) is 1. The van der Waals surface area contributed by atoms with Gasteiger partial charge in [-0.25, -0.2) is 0 Å². The normalized spacial score (nSPS) is 14.4. The van der Waals surface area contributed by atoms with Gasteiger partial charge in [-0.2, -0.15) is 8.42 Å². The number of allylic oxidation sites excluding steroid dienone is 4. The predicted molar refractivity (Wildman–Crippen MR) is 78.9 cm³/mol. The first kappa shape index (κ1) is 16.3. The fourth-order valence-corrected chi connectivity index (χ4v) is 2.74. The number of carbonyl (C=O) groups is 1. The molecule has 1 unspecified atom stereocenters. The van der Waals surface area contributed by atoms with Gasteiger partial charge >= 0.3 is 0 Å². The summed E-state index contributed by atoms with van der Waals surface area (Å²) < 4.78 is 32.4. The van der Waals surface area contributed by atoms with Gasteiger partial charge in [-0.3, -0.25) is 9.35 Å². The third-order valence-corrected chi connectivity index (χ3v) is 4.04. The molecule has 4 nitrogen and oxygen atoms in total. The van der Waals surface area contributed by atoms with E-state index < -0.39 is 15.4 Å². The molecule has 0 radical (unpaired) electrons. The zero-order chi connectivity index (χ0) is 15.2. The molecule has 0 aliphatic rings. The molecule has 0 fully saturated rings. The summed E-state index contributed by atoms with van der Waals surface area (Å²) in [5.74, 6) is -0.322. The van der Waals surface area contributed by atoms with Gasteiger partial charge in [0.2, 0.25) is 0 Å². The molecule has 0 spiro atoms. The zero-order valence-corrected chi connectivity index (χ0v) is 12.3. The van der Waals surface area contributed by atoms with E-state index in [4.69, 9.17) is 0 Å². The Labute approximate surface area is 119 Å². The molecule has 0 heterocycles. The lowest BCUT2D eigenvalue weighted by Crippen LogP contribution is -2.17. The van der Waals surface area contributed by atoms with E-state index in [0.29, 0.717) is 11.1 Å². The second-order valence-corrected chi connectivity index (χ2v) is 5.88. The van der Waals surface area contributed by atoms with Crippen LogP contribution < -0.4 is 0 Å². The van der Waals surface area contributed by atoms with Crippen LogP contribution in [0, 0.1) is 0 Å². The molecule has 0 saturated heterocycles. The highest BCUT2D eigenvalue weighted by Gasteiger charge is 2.28. The predicted octanol–water partition coefficient (Wildman–Crippen LogP) is 3.10. The van der Waals surface area contributed by atoms with Crippen LogP contribution in [0.4, 0.5) is 0 Å². The van der Waals surface area contributed by atoms with Crippen molar-refractivity contribution >= 4 is 15.9 Å². The molecule has 1 N–H and O–H groups in total. The van der Waals surface area contributed by atoms with E-state index in [-0.39, 0.29) is 12.2 Å². The highest BCUT2D eigenvalue weighted by Crippen LogP contribution is 2.26. The first-order valence-electron chi connectivity index (χ1n) is 6.23. The zero-order valence-electron chi connectivity index (χ0n) is 11.5. The van der Waals surface area contributed by atoms with E-state index in [2.05, 4.69) is 0 Å². The van der Waals surface area contributed by atoms with Crippen molar-refractivity contribution in [2.24, 2.45) is 0 Å². The van der Waals surface area contributed by atoms with Crippen molar-refractivity contribution in [1.29, 1.82) is 0 Å². The SMILES string of the molecule is CC=CC(=CC)C(=O)CC(c1ccccc1)S(=O)(=O)O.